The van der Waals surface area contributed by atoms with Crippen molar-refractivity contribution in [2.75, 3.05) is 0 Å². The fourth-order valence-electron chi connectivity index (χ4n) is 24.5. The van der Waals surface area contributed by atoms with Crippen molar-refractivity contribution in [1.29, 1.82) is 0 Å². The Labute approximate surface area is 853 Å². The van der Waals surface area contributed by atoms with E-state index >= 15 is 0 Å². The quantitative estimate of drug-likeness (QED) is 0.169. The molecule has 20 aromatic carbocycles. The van der Waals surface area contributed by atoms with Crippen LogP contribution in [0.15, 0.2) is 455 Å². The summed E-state index contributed by atoms with van der Waals surface area (Å²) in [7, 11) is 10.6. The van der Waals surface area contributed by atoms with Crippen LogP contribution in [0.2, 0.25) is 0 Å². The van der Waals surface area contributed by atoms with E-state index in [-0.39, 0.29) is 0 Å². The van der Waals surface area contributed by atoms with Gasteiger partial charge in [0.2, 0.25) is 28.9 Å². The summed E-state index contributed by atoms with van der Waals surface area (Å²) in [6.07, 6.45) is 0. The minimum atomic E-state index is 0.942. The van der Waals surface area contributed by atoms with Gasteiger partial charge >= 0.3 is 0 Å². The lowest BCUT2D eigenvalue weighted by atomic mass is 10.1. The van der Waals surface area contributed by atoms with Gasteiger partial charge in [-0.25, -0.2) is 24.9 Å². The number of nitrogens with zero attached hydrogens (tertiary/aromatic N) is 20. The maximum atomic E-state index is 5.23. The molecule has 0 atom stereocenters. The highest BCUT2D eigenvalue weighted by Crippen LogP contribution is 2.45. The standard InChI is InChI=1S/5C26H18N4/c1-28-24-15-19-18-11-5-7-13-21(18)29(17-9-3-2-4-10-17)23(19)16-25(24)30-22-14-8-6-12-20(22)27-26(28)30;1-28-20-13-7-5-11-18(20)24-22(28)15-16-23-25(24)29(17-9-3-2-4-10-17)26-27-19-12-6-8-14-21(19)30(23)26;1-28-22-13-7-8-14-23(22)30-25-16-24-19(15-20(25)27-26(28)30)18-11-5-6-12-21(18)29(24)17-9-3-2-4-10-17;1-28-21-12-6-5-11-18(21)19-15-20-25(16-24(19)28)30-23-14-8-7-13-22(23)29(26(30)27-20)17-9-3-2-4-10-17;1-28-19-12-6-5-11-18(19)24-22(28)15-16-23-25(24)27-26-29(17-9-3-2-4-10-17)20-13-7-8-14-21(20)30(23)26/h5*2-16H,1H3. The largest absolute Gasteiger partial charge is 0.344 e. The number of rotatable bonds is 5. The average molecular weight is 1930 g/mol. The number of aromatic nitrogens is 20. The Balaban J connectivity index is 0.0000000844. The van der Waals surface area contributed by atoms with Gasteiger partial charge in [0, 0.05) is 134 Å². The fourth-order valence-corrected chi connectivity index (χ4v) is 24.5. The summed E-state index contributed by atoms with van der Waals surface area (Å²) in [5, 5.41) is 12.5. The summed E-state index contributed by atoms with van der Waals surface area (Å²) in [6.45, 7) is 0. The lowest BCUT2D eigenvalue weighted by Crippen LogP contribution is -1.95. The lowest BCUT2D eigenvalue weighted by Gasteiger charge is -2.07. The molecule has 0 unspecified atom stereocenters. The van der Waals surface area contributed by atoms with Crippen LogP contribution in [0.3, 0.4) is 0 Å². The second kappa shape index (κ2) is 32.4. The van der Waals surface area contributed by atoms with E-state index in [1.807, 2.05) is 24.3 Å². The van der Waals surface area contributed by atoms with E-state index in [1.165, 1.54) is 159 Å². The van der Waals surface area contributed by atoms with Crippen molar-refractivity contribution in [2.24, 2.45) is 35.2 Å². The Hall–Kier alpha value is -20.2. The molecule has 0 bridgehead atoms. The van der Waals surface area contributed by atoms with Gasteiger partial charge in [0.05, 0.1) is 143 Å². The van der Waals surface area contributed by atoms with Crippen molar-refractivity contribution in [3.63, 3.8) is 0 Å². The molecule has 0 amide bonds. The minimum absolute atomic E-state index is 0.942. The van der Waals surface area contributed by atoms with E-state index in [4.69, 9.17) is 24.9 Å². The van der Waals surface area contributed by atoms with E-state index in [0.717, 1.165) is 118 Å². The third kappa shape index (κ3) is 12.1. The summed E-state index contributed by atoms with van der Waals surface area (Å²) in [4.78, 5) is 25.3. The maximum absolute atomic E-state index is 5.23. The van der Waals surface area contributed by atoms with Gasteiger partial charge in [-0.15, -0.1) is 0 Å². The Morgan fingerprint density at radius 1 is 0.140 bits per heavy atom. The van der Waals surface area contributed by atoms with Crippen LogP contribution in [0.4, 0.5) is 0 Å². The first-order valence-corrected chi connectivity index (χ1v) is 50.8. The third-order valence-corrected chi connectivity index (χ3v) is 31.2. The number of benzene rings is 20. The van der Waals surface area contributed by atoms with Crippen molar-refractivity contribution in [1.82, 2.24) is 92.6 Å². The molecular weight excluding hydrogens is 1840 g/mol. The monoisotopic (exact) mass is 1930 g/mol. The summed E-state index contributed by atoms with van der Waals surface area (Å²) < 4.78 is 34.1. The first-order chi connectivity index (χ1) is 74.1. The summed E-state index contributed by atoms with van der Waals surface area (Å²) in [5.41, 5.74) is 40.5. The number of hydrogen-bond acceptors (Lipinski definition) is 5. The zero-order valence-electron chi connectivity index (χ0n) is 82.2. The van der Waals surface area contributed by atoms with Gasteiger partial charge in [-0.3, -0.25) is 35.7 Å². The van der Waals surface area contributed by atoms with Crippen LogP contribution in [0.1, 0.15) is 0 Å². The molecule has 0 saturated heterocycles. The zero-order chi connectivity index (χ0) is 99.1. The molecule has 0 aliphatic heterocycles. The van der Waals surface area contributed by atoms with E-state index in [9.17, 15) is 0 Å². The summed E-state index contributed by atoms with van der Waals surface area (Å²) in [5.74, 6) is 4.76. The fraction of sp³-hybridized carbons (Fsp3) is 0.0385. The van der Waals surface area contributed by atoms with Crippen LogP contribution in [0, 0.1) is 0 Å². The van der Waals surface area contributed by atoms with Crippen LogP contribution >= 0.6 is 0 Å². The molecule has 35 rings (SSSR count). The maximum Gasteiger partial charge on any atom is 0.220 e. The smallest absolute Gasteiger partial charge is 0.220 e. The molecule has 15 aromatic heterocycles. The highest BCUT2D eigenvalue weighted by Gasteiger charge is 2.29. The first-order valence-electron chi connectivity index (χ1n) is 50.8. The van der Waals surface area contributed by atoms with Crippen molar-refractivity contribution in [3.05, 3.63) is 455 Å². The molecule has 0 N–H and O–H groups in total. The van der Waals surface area contributed by atoms with Crippen molar-refractivity contribution < 1.29 is 0 Å². The molecule has 0 spiro atoms. The van der Waals surface area contributed by atoms with Gasteiger partial charge in [0.1, 0.15) is 5.52 Å². The normalized spacial score (nSPS) is 12.2. The Kier molecular flexibility index (Phi) is 18.2. The number of fused-ring (bicyclic) bond motifs is 42. The second-order valence-electron chi connectivity index (χ2n) is 39.1. The van der Waals surface area contributed by atoms with Crippen LogP contribution < -0.4 is 0 Å². The third-order valence-electron chi connectivity index (χ3n) is 31.2. The Bertz CT molecular complexity index is 11700. The number of para-hydroxylation sites is 20. The van der Waals surface area contributed by atoms with E-state index in [1.54, 1.807) is 0 Å². The molecule has 710 valence electrons. The first kappa shape index (κ1) is 84.3. The van der Waals surface area contributed by atoms with Crippen LogP contribution in [0.25, 0.3) is 277 Å². The zero-order valence-corrected chi connectivity index (χ0v) is 82.2. The molecule has 0 fully saturated rings. The molecule has 20 heteroatoms. The Morgan fingerprint density at radius 2 is 0.433 bits per heavy atom. The van der Waals surface area contributed by atoms with E-state index in [2.05, 4.69) is 534 Å². The molecule has 0 radical (unpaired) electrons. The SMILES string of the molecule is Cn1c2cc3c4ccccc4n(-c4ccccc4)c3cc2n2c3ccccc3nc12.Cn1c2ccccc2c2c1ccc1c2n(-c2ccccc2)c2nc3ccccc3n12.Cn1c2ccccc2c2c3nc4n(-c5ccccc5)c5ccccc5n4c3ccc21.Cn1c2ccccc2c2cc3nc4n(-c5ccccc5)c5ccccc5n4c3cc21.Cn1c2ccccc2n2c3cc4c(cc3nc12)c1ccccc1n4-c1ccccc1. The molecule has 0 aliphatic carbocycles. The molecule has 15 heterocycles. The lowest BCUT2D eigenvalue weighted by molar-refractivity contribution is 0.973. The van der Waals surface area contributed by atoms with Gasteiger partial charge in [-0.05, 0) is 212 Å². The van der Waals surface area contributed by atoms with Crippen LogP contribution in [-0.4, -0.2) is 92.6 Å². The number of imidazole rings is 10. The van der Waals surface area contributed by atoms with Crippen molar-refractivity contribution >= 4 is 248 Å². The van der Waals surface area contributed by atoms with Crippen molar-refractivity contribution in [3.8, 4) is 28.4 Å². The Morgan fingerprint density at radius 3 is 0.947 bits per heavy atom. The van der Waals surface area contributed by atoms with Gasteiger partial charge in [0.25, 0.3) is 0 Å². The second-order valence-corrected chi connectivity index (χ2v) is 39.1. The molecule has 35 aromatic rings. The van der Waals surface area contributed by atoms with E-state index < -0.39 is 0 Å². The highest BCUT2D eigenvalue weighted by molar-refractivity contribution is 6.23. The predicted octanol–water partition coefficient (Wildman–Crippen LogP) is 30.4. The van der Waals surface area contributed by atoms with Gasteiger partial charge in [-0.1, -0.05) is 243 Å². The van der Waals surface area contributed by atoms with Gasteiger partial charge in [0.15, 0.2) is 0 Å². The highest BCUT2D eigenvalue weighted by atomic mass is 15.3. The molecule has 0 saturated carbocycles. The predicted molar refractivity (Wildman–Crippen MR) is 618 cm³/mol. The van der Waals surface area contributed by atoms with Crippen LogP contribution in [-0.2, 0) is 35.2 Å². The van der Waals surface area contributed by atoms with Gasteiger partial charge < -0.3 is 32.0 Å². The molecule has 150 heavy (non-hydrogen) atoms. The minimum Gasteiger partial charge on any atom is -0.344 e. The molecule has 20 nitrogen and oxygen atoms in total. The molecular formula is C130H90N20. The number of hydrogen-bond donors (Lipinski definition) is 0. The average Bonchev–Trinajstić information content (AvgIpc) is 1.51. The molecule has 0 aliphatic rings. The van der Waals surface area contributed by atoms with Gasteiger partial charge in [-0.2, -0.15) is 0 Å². The number of aryl methyl sites for hydroxylation is 5. The van der Waals surface area contributed by atoms with E-state index in [0.29, 0.717) is 0 Å². The summed E-state index contributed by atoms with van der Waals surface area (Å²) >= 11 is 0. The summed E-state index contributed by atoms with van der Waals surface area (Å²) in [6, 6.07) is 161. The van der Waals surface area contributed by atoms with Crippen molar-refractivity contribution in [2.45, 2.75) is 0 Å². The topological polar surface area (TPSA) is 136 Å². The van der Waals surface area contributed by atoms with Crippen LogP contribution in [0.5, 0.6) is 0 Å².